The van der Waals surface area contributed by atoms with Gasteiger partial charge in [0.15, 0.2) is 5.69 Å². The van der Waals surface area contributed by atoms with Crippen LogP contribution in [0.25, 0.3) is 5.69 Å². The van der Waals surface area contributed by atoms with Gasteiger partial charge in [-0.15, -0.1) is 0 Å². The summed E-state index contributed by atoms with van der Waals surface area (Å²) in [6.45, 7) is 2.22. The summed E-state index contributed by atoms with van der Waals surface area (Å²) in [5.74, 6) is 1.35. The fourth-order valence-corrected chi connectivity index (χ4v) is 3.60. The molecule has 0 spiro atoms. The number of ether oxygens (including phenoxy) is 1. The van der Waals surface area contributed by atoms with Crippen LogP contribution in [0.4, 0.5) is 0 Å². The first-order valence-corrected chi connectivity index (χ1v) is 9.22. The molecule has 1 heterocycles. The van der Waals surface area contributed by atoms with E-state index < -0.39 is 0 Å². The summed E-state index contributed by atoms with van der Waals surface area (Å²) in [6.07, 6.45) is 9.00. The highest BCUT2D eigenvalue weighted by Crippen LogP contribution is 2.30. The highest BCUT2D eigenvalue weighted by atomic mass is 16.5. The Morgan fingerprint density at radius 1 is 1.28 bits per heavy atom. The van der Waals surface area contributed by atoms with Crippen molar-refractivity contribution in [2.75, 3.05) is 7.11 Å². The molecule has 2 unspecified atom stereocenters. The Labute approximate surface area is 149 Å². The minimum Gasteiger partial charge on any atom is -0.497 e. The number of rotatable bonds is 7. The van der Waals surface area contributed by atoms with E-state index in [1.54, 1.807) is 17.9 Å². The van der Waals surface area contributed by atoms with Gasteiger partial charge in [0.1, 0.15) is 5.75 Å². The maximum atomic E-state index is 12.6. The van der Waals surface area contributed by atoms with Gasteiger partial charge < -0.3 is 10.1 Å². The molecule has 0 bridgehead atoms. The first kappa shape index (κ1) is 17.5. The summed E-state index contributed by atoms with van der Waals surface area (Å²) in [4.78, 5) is 12.6. The van der Waals surface area contributed by atoms with Crippen molar-refractivity contribution >= 4 is 5.91 Å². The quantitative estimate of drug-likeness (QED) is 0.829. The summed E-state index contributed by atoms with van der Waals surface area (Å²) in [5, 5.41) is 7.63. The van der Waals surface area contributed by atoms with Crippen LogP contribution in [0.15, 0.2) is 36.5 Å². The van der Waals surface area contributed by atoms with Crippen molar-refractivity contribution in [3.8, 4) is 11.4 Å². The minimum absolute atomic E-state index is 0.0688. The van der Waals surface area contributed by atoms with Gasteiger partial charge in [0.25, 0.3) is 5.91 Å². The van der Waals surface area contributed by atoms with Crippen LogP contribution in [0.3, 0.4) is 0 Å². The Hall–Kier alpha value is -2.30. The molecule has 1 saturated carbocycles. The smallest absolute Gasteiger partial charge is 0.272 e. The lowest BCUT2D eigenvalue weighted by atomic mass is 9.97. The molecule has 5 nitrogen and oxygen atoms in total. The maximum absolute atomic E-state index is 12.6. The van der Waals surface area contributed by atoms with Crippen LogP contribution in [0.2, 0.25) is 0 Å². The molecular formula is C20H27N3O2. The molecule has 1 aromatic carbocycles. The molecule has 1 amide bonds. The number of carbonyl (C=O) groups is 1. The number of benzene rings is 1. The maximum Gasteiger partial charge on any atom is 0.272 e. The van der Waals surface area contributed by atoms with Crippen LogP contribution in [0.1, 0.15) is 55.9 Å². The van der Waals surface area contributed by atoms with Crippen molar-refractivity contribution in [2.24, 2.45) is 5.92 Å². The SMILES string of the molecule is CCCCC1CCCC1NC(=O)c1ccn(-c2ccc(OC)cc2)n1. The summed E-state index contributed by atoms with van der Waals surface area (Å²) < 4.78 is 6.89. The number of nitrogens with zero attached hydrogens (tertiary/aromatic N) is 2. The van der Waals surface area contributed by atoms with Crippen molar-refractivity contribution in [3.05, 3.63) is 42.2 Å². The van der Waals surface area contributed by atoms with Gasteiger partial charge in [0.05, 0.1) is 12.8 Å². The Morgan fingerprint density at radius 3 is 2.80 bits per heavy atom. The lowest BCUT2D eigenvalue weighted by Crippen LogP contribution is -2.37. The standard InChI is InChI=1S/C20H27N3O2/c1-3-4-6-15-7-5-8-18(15)21-20(24)19-13-14-23(22-19)16-9-11-17(25-2)12-10-16/h9-15,18H,3-8H2,1-2H3,(H,21,24). The molecule has 25 heavy (non-hydrogen) atoms. The van der Waals surface area contributed by atoms with Crippen molar-refractivity contribution in [2.45, 2.75) is 51.5 Å². The van der Waals surface area contributed by atoms with Crippen LogP contribution in [0.5, 0.6) is 5.75 Å². The van der Waals surface area contributed by atoms with Gasteiger partial charge in [-0.05, 0) is 55.5 Å². The molecule has 0 saturated heterocycles. The molecule has 1 aliphatic carbocycles. The molecule has 1 N–H and O–H groups in total. The number of carbonyl (C=O) groups excluding carboxylic acids is 1. The number of nitrogens with one attached hydrogen (secondary N) is 1. The summed E-state index contributed by atoms with van der Waals surface area (Å²) >= 11 is 0. The summed E-state index contributed by atoms with van der Waals surface area (Å²) in [6, 6.07) is 9.68. The van der Waals surface area contributed by atoms with Crippen LogP contribution in [-0.2, 0) is 0 Å². The molecule has 2 atom stereocenters. The highest BCUT2D eigenvalue weighted by Gasteiger charge is 2.28. The number of methoxy groups -OCH3 is 1. The van der Waals surface area contributed by atoms with Gasteiger partial charge in [0, 0.05) is 12.2 Å². The van der Waals surface area contributed by atoms with Gasteiger partial charge in [-0.2, -0.15) is 5.10 Å². The summed E-state index contributed by atoms with van der Waals surface area (Å²) in [5.41, 5.74) is 1.37. The van der Waals surface area contributed by atoms with Crippen LogP contribution >= 0.6 is 0 Å². The monoisotopic (exact) mass is 341 g/mol. The molecule has 3 rings (SSSR count). The number of aromatic nitrogens is 2. The van der Waals surface area contributed by atoms with E-state index in [1.165, 1.54) is 32.1 Å². The van der Waals surface area contributed by atoms with E-state index in [0.29, 0.717) is 17.7 Å². The molecule has 1 fully saturated rings. The molecule has 2 aromatic rings. The van der Waals surface area contributed by atoms with Crippen molar-refractivity contribution < 1.29 is 9.53 Å². The fourth-order valence-electron chi connectivity index (χ4n) is 3.60. The Kier molecular flexibility index (Phi) is 5.74. The largest absolute Gasteiger partial charge is 0.497 e. The zero-order chi connectivity index (χ0) is 17.6. The molecule has 1 aliphatic rings. The topological polar surface area (TPSA) is 56.2 Å². The number of amides is 1. The zero-order valence-electron chi connectivity index (χ0n) is 15.1. The van der Waals surface area contributed by atoms with Gasteiger partial charge in [-0.1, -0.05) is 26.2 Å². The van der Waals surface area contributed by atoms with Crippen molar-refractivity contribution in [1.82, 2.24) is 15.1 Å². The normalized spacial score (nSPS) is 19.8. The third-order valence-electron chi connectivity index (χ3n) is 5.06. The van der Waals surface area contributed by atoms with Crippen LogP contribution in [0, 0.1) is 5.92 Å². The van der Waals surface area contributed by atoms with E-state index >= 15 is 0 Å². The minimum atomic E-state index is -0.0688. The number of hydrogen-bond donors (Lipinski definition) is 1. The first-order valence-electron chi connectivity index (χ1n) is 9.22. The zero-order valence-corrected chi connectivity index (χ0v) is 15.1. The van der Waals surface area contributed by atoms with Gasteiger partial charge in [-0.3, -0.25) is 4.79 Å². The fraction of sp³-hybridized carbons (Fsp3) is 0.500. The molecule has 134 valence electrons. The Bertz CT molecular complexity index is 693. The predicted molar refractivity (Wildman–Crippen MR) is 98.2 cm³/mol. The van der Waals surface area contributed by atoms with Crippen LogP contribution in [-0.4, -0.2) is 28.8 Å². The number of unbranched alkanes of at least 4 members (excludes halogenated alkanes) is 1. The molecule has 0 radical (unpaired) electrons. The van der Waals surface area contributed by atoms with E-state index in [0.717, 1.165) is 17.9 Å². The van der Waals surface area contributed by atoms with E-state index in [4.69, 9.17) is 4.74 Å². The molecule has 0 aliphatic heterocycles. The van der Waals surface area contributed by atoms with Crippen LogP contribution < -0.4 is 10.1 Å². The first-order chi connectivity index (χ1) is 12.2. The summed E-state index contributed by atoms with van der Waals surface area (Å²) in [7, 11) is 1.64. The second kappa shape index (κ2) is 8.19. The lowest BCUT2D eigenvalue weighted by molar-refractivity contribution is 0.0921. The Balaban J connectivity index is 1.64. The molecular weight excluding hydrogens is 314 g/mol. The van der Waals surface area contributed by atoms with Crippen molar-refractivity contribution in [1.29, 1.82) is 0 Å². The third-order valence-corrected chi connectivity index (χ3v) is 5.06. The number of hydrogen-bond acceptors (Lipinski definition) is 3. The average Bonchev–Trinajstić information content (AvgIpc) is 3.29. The molecule has 1 aromatic heterocycles. The van der Waals surface area contributed by atoms with Crippen molar-refractivity contribution in [3.63, 3.8) is 0 Å². The highest BCUT2D eigenvalue weighted by molar-refractivity contribution is 5.92. The lowest BCUT2D eigenvalue weighted by Gasteiger charge is -2.20. The van der Waals surface area contributed by atoms with E-state index in [-0.39, 0.29) is 5.91 Å². The van der Waals surface area contributed by atoms with Gasteiger partial charge in [-0.25, -0.2) is 4.68 Å². The second-order valence-electron chi connectivity index (χ2n) is 6.76. The Morgan fingerprint density at radius 2 is 2.08 bits per heavy atom. The third kappa shape index (κ3) is 4.21. The van der Waals surface area contributed by atoms with E-state index in [1.807, 2.05) is 30.5 Å². The van der Waals surface area contributed by atoms with Gasteiger partial charge in [0.2, 0.25) is 0 Å². The van der Waals surface area contributed by atoms with E-state index in [9.17, 15) is 4.79 Å². The molecule has 5 heteroatoms. The predicted octanol–water partition coefficient (Wildman–Crippen LogP) is 3.97. The average molecular weight is 341 g/mol. The van der Waals surface area contributed by atoms with Gasteiger partial charge >= 0.3 is 0 Å². The van der Waals surface area contributed by atoms with E-state index in [2.05, 4.69) is 17.3 Å². The second-order valence-corrected chi connectivity index (χ2v) is 6.76.